The van der Waals surface area contributed by atoms with Gasteiger partial charge in [-0.25, -0.2) is 0 Å². The normalized spacial score (nSPS) is 14.6. The smallest absolute Gasteiger partial charge is 0.0729 e. The van der Waals surface area contributed by atoms with E-state index in [0.717, 1.165) is 24.1 Å². The molecular formula is C17H26N2O. The zero-order valence-corrected chi connectivity index (χ0v) is 12.8. The molecule has 0 fully saturated rings. The highest BCUT2D eigenvalue weighted by Crippen LogP contribution is 2.23. The monoisotopic (exact) mass is 274 g/mol. The summed E-state index contributed by atoms with van der Waals surface area (Å²) in [5.74, 6) is 0.385. The van der Waals surface area contributed by atoms with Crippen LogP contribution in [0.1, 0.15) is 45.2 Å². The number of nitrogens with zero attached hydrogens (tertiary/aromatic N) is 2. The zero-order valence-electron chi connectivity index (χ0n) is 12.8. The van der Waals surface area contributed by atoms with Crippen molar-refractivity contribution in [3.05, 3.63) is 30.0 Å². The third-order valence-corrected chi connectivity index (χ3v) is 4.23. The second kappa shape index (κ2) is 6.89. The first-order valence-corrected chi connectivity index (χ1v) is 7.76. The van der Waals surface area contributed by atoms with E-state index >= 15 is 0 Å². The maximum Gasteiger partial charge on any atom is 0.0729 e. The molecule has 3 heteroatoms. The molecule has 1 heterocycles. The zero-order chi connectivity index (χ0) is 14.5. The Kier molecular flexibility index (Phi) is 5.18. The van der Waals surface area contributed by atoms with Gasteiger partial charge in [-0.05, 0) is 18.4 Å². The molecular weight excluding hydrogens is 248 g/mol. The number of aromatic nitrogens is 2. The number of unbranched alkanes of at least 4 members (excludes halogenated alkanes) is 1. The molecule has 0 aliphatic carbocycles. The van der Waals surface area contributed by atoms with E-state index in [9.17, 15) is 5.11 Å². The Morgan fingerprint density at radius 3 is 2.70 bits per heavy atom. The Hall–Kier alpha value is -1.35. The van der Waals surface area contributed by atoms with Gasteiger partial charge >= 0.3 is 0 Å². The molecule has 0 spiro atoms. The molecule has 0 amide bonds. The summed E-state index contributed by atoms with van der Waals surface area (Å²) in [4.78, 5) is 0. The van der Waals surface area contributed by atoms with Crippen molar-refractivity contribution in [2.75, 3.05) is 0 Å². The van der Waals surface area contributed by atoms with Crippen LogP contribution in [0.25, 0.3) is 10.9 Å². The second-order valence-corrected chi connectivity index (χ2v) is 5.67. The maximum absolute atomic E-state index is 10.5. The Morgan fingerprint density at radius 2 is 2.00 bits per heavy atom. The lowest BCUT2D eigenvalue weighted by atomic mass is 9.90. The molecule has 0 aliphatic rings. The van der Waals surface area contributed by atoms with Gasteiger partial charge in [0.25, 0.3) is 0 Å². The largest absolute Gasteiger partial charge is 0.392 e. The molecule has 2 aromatic rings. The van der Waals surface area contributed by atoms with Crippen LogP contribution in [0.15, 0.2) is 24.3 Å². The maximum atomic E-state index is 10.5. The molecule has 110 valence electrons. The fraction of sp³-hybridized carbons (Fsp3) is 0.588. The van der Waals surface area contributed by atoms with E-state index in [0.29, 0.717) is 12.3 Å². The van der Waals surface area contributed by atoms with Crippen LogP contribution in [-0.4, -0.2) is 21.0 Å². The van der Waals surface area contributed by atoms with Crippen LogP contribution in [0.3, 0.4) is 0 Å². The molecule has 0 radical (unpaired) electrons. The summed E-state index contributed by atoms with van der Waals surface area (Å²) < 4.78 is 1.91. The van der Waals surface area contributed by atoms with Gasteiger partial charge < -0.3 is 5.11 Å². The number of rotatable bonds is 7. The van der Waals surface area contributed by atoms with Gasteiger partial charge in [-0.3, -0.25) is 4.68 Å². The lowest BCUT2D eigenvalue weighted by Crippen LogP contribution is -2.22. The van der Waals surface area contributed by atoms with Crippen molar-refractivity contribution >= 4 is 10.9 Å². The molecule has 2 unspecified atom stereocenters. The Morgan fingerprint density at radius 1 is 1.25 bits per heavy atom. The molecule has 1 aromatic heterocycles. The van der Waals surface area contributed by atoms with Crippen LogP contribution in [0.5, 0.6) is 0 Å². The number of aliphatic hydroxyl groups is 1. The van der Waals surface area contributed by atoms with E-state index in [2.05, 4.69) is 31.1 Å². The van der Waals surface area contributed by atoms with Gasteiger partial charge in [0, 0.05) is 18.9 Å². The Bertz CT molecular complexity index is 547. The molecule has 1 aromatic carbocycles. The van der Waals surface area contributed by atoms with Crippen LogP contribution in [0.4, 0.5) is 0 Å². The van der Waals surface area contributed by atoms with Crippen molar-refractivity contribution in [3.63, 3.8) is 0 Å². The van der Waals surface area contributed by atoms with Crippen LogP contribution in [-0.2, 0) is 13.5 Å². The molecule has 2 rings (SSSR count). The molecule has 0 aliphatic heterocycles. The van der Waals surface area contributed by atoms with Gasteiger partial charge in [0.2, 0.25) is 0 Å². The molecule has 0 saturated carbocycles. The van der Waals surface area contributed by atoms with E-state index in [-0.39, 0.29) is 6.10 Å². The minimum atomic E-state index is -0.287. The highest BCUT2D eigenvalue weighted by molar-refractivity contribution is 5.81. The topological polar surface area (TPSA) is 38.1 Å². The first kappa shape index (κ1) is 15.0. The van der Waals surface area contributed by atoms with Crippen molar-refractivity contribution in [2.45, 2.75) is 52.1 Å². The number of aryl methyl sites for hydroxylation is 1. The van der Waals surface area contributed by atoms with Gasteiger partial charge in [-0.2, -0.15) is 5.10 Å². The molecule has 0 saturated heterocycles. The average Bonchev–Trinajstić information content (AvgIpc) is 2.77. The molecule has 3 nitrogen and oxygen atoms in total. The standard InChI is InChI=1S/C17H26N2O/c1-4-6-9-13(5-2)17(20)12-15-14-10-7-8-11-16(14)19(3)18-15/h7-8,10-11,13,17,20H,4-6,9,12H2,1-3H3. The Balaban J connectivity index is 2.14. The summed E-state index contributed by atoms with van der Waals surface area (Å²) in [5.41, 5.74) is 2.15. The fourth-order valence-electron chi connectivity index (χ4n) is 2.94. The van der Waals surface area contributed by atoms with E-state index < -0.39 is 0 Å². The summed E-state index contributed by atoms with van der Waals surface area (Å²) in [6.07, 6.45) is 4.90. The van der Waals surface area contributed by atoms with Crippen molar-refractivity contribution in [1.82, 2.24) is 9.78 Å². The number of para-hydroxylation sites is 1. The van der Waals surface area contributed by atoms with Crippen molar-refractivity contribution in [1.29, 1.82) is 0 Å². The van der Waals surface area contributed by atoms with Crippen molar-refractivity contribution in [2.24, 2.45) is 13.0 Å². The third kappa shape index (κ3) is 3.21. The highest BCUT2D eigenvalue weighted by Gasteiger charge is 2.20. The summed E-state index contributed by atoms with van der Waals surface area (Å²) in [7, 11) is 1.96. The first-order valence-electron chi connectivity index (χ1n) is 7.76. The first-order chi connectivity index (χ1) is 9.67. The minimum Gasteiger partial charge on any atom is -0.392 e. The summed E-state index contributed by atoms with van der Waals surface area (Å²) in [6.45, 7) is 4.37. The molecule has 20 heavy (non-hydrogen) atoms. The molecule has 2 atom stereocenters. The summed E-state index contributed by atoms with van der Waals surface area (Å²) in [5, 5.41) is 16.3. The van der Waals surface area contributed by atoms with Gasteiger partial charge in [0.05, 0.1) is 17.3 Å². The Labute approximate surface area is 121 Å². The van der Waals surface area contributed by atoms with E-state index in [1.807, 2.05) is 23.9 Å². The lowest BCUT2D eigenvalue weighted by molar-refractivity contribution is 0.0980. The minimum absolute atomic E-state index is 0.287. The summed E-state index contributed by atoms with van der Waals surface area (Å²) in [6, 6.07) is 8.23. The quantitative estimate of drug-likeness (QED) is 0.836. The van der Waals surface area contributed by atoms with E-state index in [4.69, 9.17) is 0 Å². The van der Waals surface area contributed by atoms with Gasteiger partial charge in [0.1, 0.15) is 0 Å². The van der Waals surface area contributed by atoms with Crippen LogP contribution >= 0.6 is 0 Å². The van der Waals surface area contributed by atoms with Gasteiger partial charge in [-0.15, -0.1) is 0 Å². The molecule has 0 bridgehead atoms. The summed E-state index contributed by atoms with van der Waals surface area (Å²) >= 11 is 0. The fourth-order valence-corrected chi connectivity index (χ4v) is 2.94. The number of hydrogen-bond acceptors (Lipinski definition) is 2. The van der Waals surface area contributed by atoms with Crippen molar-refractivity contribution in [3.8, 4) is 0 Å². The van der Waals surface area contributed by atoms with Crippen LogP contribution < -0.4 is 0 Å². The third-order valence-electron chi connectivity index (χ3n) is 4.23. The van der Waals surface area contributed by atoms with Crippen LogP contribution in [0.2, 0.25) is 0 Å². The predicted octanol–water partition coefficient (Wildman–Crippen LogP) is 3.69. The second-order valence-electron chi connectivity index (χ2n) is 5.67. The van der Waals surface area contributed by atoms with Gasteiger partial charge in [-0.1, -0.05) is 51.3 Å². The predicted molar refractivity (Wildman–Crippen MR) is 83.7 cm³/mol. The lowest BCUT2D eigenvalue weighted by Gasteiger charge is -2.20. The number of benzene rings is 1. The number of hydrogen-bond donors (Lipinski definition) is 1. The van der Waals surface area contributed by atoms with Gasteiger partial charge in [0.15, 0.2) is 0 Å². The van der Waals surface area contributed by atoms with Crippen molar-refractivity contribution < 1.29 is 5.11 Å². The van der Waals surface area contributed by atoms with E-state index in [1.54, 1.807) is 0 Å². The highest BCUT2D eigenvalue weighted by atomic mass is 16.3. The van der Waals surface area contributed by atoms with Crippen LogP contribution in [0, 0.1) is 5.92 Å². The number of aliphatic hydroxyl groups excluding tert-OH is 1. The SMILES string of the molecule is CCCCC(CC)C(O)Cc1nn(C)c2ccccc12. The van der Waals surface area contributed by atoms with E-state index in [1.165, 1.54) is 18.2 Å². The number of fused-ring (bicyclic) bond motifs is 1. The molecule has 1 N–H and O–H groups in total. The average molecular weight is 274 g/mol.